The van der Waals surface area contributed by atoms with Crippen LogP contribution >= 0.6 is 11.6 Å². The summed E-state index contributed by atoms with van der Waals surface area (Å²) in [5, 5.41) is 0. The first-order valence-electron chi connectivity index (χ1n) is 5.72. The van der Waals surface area contributed by atoms with Gasteiger partial charge in [-0.2, -0.15) is 0 Å². The lowest BCUT2D eigenvalue weighted by atomic mass is 10.3. The molecule has 0 fully saturated rings. The number of ether oxygens (including phenoxy) is 2. The maximum Gasteiger partial charge on any atom is 0.194 e. The van der Waals surface area contributed by atoms with Gasteiger partial charge in [-0.1, -0.05) is 0 Å². The third-order valence-corrected chi connectivity index (χ3v) is 2.52. The van der Waals surface area contributed by atoms with Crippen LogP contribution in [0.1, 0.15) is 12.8 Å². The molecule has 8 heteroatoms. The molecule has 0 unspecified atom stereocenters. The van der Waals surface area contributed by atoms with Crippen LogP contribution in [0, 0.1) is 17.5 Å². The van der Waals surface area contributed by atoms with Crippen LogP contribution in [0.25, 0.3) is 0 Å². The molecule has 0 aliphatic carbocycles. The van der Waals surface area contributed by atoms with Crippen molar-refractivity contribution >= 4 is 17.3 Å². The minimum Gasteiger partial charge on any atom is -0.356 e. The Hall–Kier alpha value is -1.02. The molecule has 0 aromatic heterocycles. The average Bonchev–Trinajstić information content (AvgIpc) is 2.46. The van der Waals surface area contributed by atoms with Crippen LogP contribution in [0.5, 0.6) is 0 Å². The SMILES string of the molecule is COC(CCCCl)OC.NNc1cc(F)c(F)c(F)c1. The fourth-order valence-electron chi connectivity index (χ4n) is 1.21. The molecule has 0 atom stereocenters. The Morgan fingerprint density at radius 1 is 1.20 bits per heavy atom. The second-order valence-electron chi connectivity index (χ2n) is 3.63. The highest BCUT2D eigenvalue weighted by molar-refractivity contribution is 6.17. The Kier molecular flexibility index (Phi) is 10.2. The van der Waals surface area contributed by atoms with E-state index in [1.165, 1.54) is 0 Å². The summed E-state index contributed by atoms with van der Waals surface area (Å²) in [7, 11) is 3.25. The number of alkyl halides is 1. The maximum atomic E-state index is 12.3. The fourth-order valence-corrected chi connectivity index (χ4v) is 1.37. The lowest BCUT2D eigenvalue weighted by Crippen LogP contribution is -2.12. The second-order valence-corrected chi connectivity index (χ2v) is 4.01. The molecule has 0 spiro atoms. The highest BCUT2D eigenvalue weighted by Crippen LogP contribution is 2.15. The van der Waals surface area contributed by atoms with Gasteiger partial charge in [0.15, 0.2) is 23.7 Å². The van der Waals surface area contributed by atoms with E-state index in [0.717, 1.165) is 25.0 Å². The summed E-state index contributed by atoms with van der Waals surface area (Å²) in [4.78, 5) is 0. The molecule has 0 aliphatic rings. The number of hydrogen-bond acceptors (Lipinski definition) is 4. The summed E-state index contributed by atoms with van der Waals surface area (Å²) in [6.45, 7) is 0. The van der Waals surface area contributed by atoms with Gasteiger partial charge in [0, 0.05) is 32.2 Å². The minimum absolute atomic E-state index is 0.0126. The van der Waals surface area contributed by atoms with Gasteiger partial charge in [0.1, 0.15) is 0 Å². The zero-order valence-corrected chi connectivity index (χ0v) is 12.0. The maximum absolute atomic E-state index is 12.3. The number of nitrogens with one attached hydrogen (secondary N) is 1. The smallest absolute Gasteiger partial charge is 0.194 e. The van der Waals surface area contributed by atoms with E-state index in [1.54, 1.807) is 14.2 Å². The molecular weight excluding hydrogens is 297 g/mol. The summed E-state index contributed by atoms with van der Waals surface area (Å²) in [6, 6.07) is 1.52. The molecule has 3 N–H and O–H groups in total. The third-order valence-electron chi connectivity index (χ3n) is 2.25. The van der Waals surface area contributed by atoms with Gasteiger partial charge < -0.3 is 14.9 Å². The highest BCUT2D eigenvalue weighted by Gasteiger charge is 2.09. The fraction of sp³-hybridized carbons (Fsp3) is 0.500. The van der Waals surface area contributed by atoms with Crippen LogP contribution < -0.4 is 11.3 Å². The van der Waals surface area contributed by atoms with Crippen molar-refractivity contribution in [3.05, 3.63) is 29.6 Å². The Balaban J connectivity index is 0.000000370. The van der Waals surface area contributed by atoms with Crippen molar-refractivity contribution in [3.63, 3.8) is 0 Å². The number of nitrogens with two attached hydrogens (primary N) is 1. The molecule has 1 rings (SSSR count). The van der Waals surface area contributed by atoms with Gasteiger partial charge in [-0.3, -0.25) is 5.84 Å². The average molecular weight is 315 g/mol. The lowest BCUT2D eigenvalue weighted by Gasteiger charge is -2.11. The summed E-state index contributed by atoms with van der Waals surface area (Å²) >= 11 is 5.45. The van der Waals surface area contributed by atoms with Crippen molar-refractivity contribution in [2.75, 3.05) is 25.5 Å². The van der Waals surface area contributed by atoms with Crippen LogP contribution in [-0.4, -0.2) is 26.4 Å². The first-order chi connectivity index (χ1) is 9.49. The van der Waals surface area contributed by atoms with Gasteiger partial charge in [0.25, 0.3) is 0 Å². The summed E-state index contributed by atoms with van der Waals surface area (Å²) in [5.41, 5.74) is 1.98. The molecule has 0 saturated heterocycles. The summed E-state index contributed by atoms with van der Waals surface area (Å²) < 4.78 is 46.7. The van der Waals surface area contributed by atoms with Crippen LogP contribution in [0.15, 0.2) is 12.1 Å². The monoisotopic (exact) mass is 314 g/mol. The number of rotatable bonds is 6. The largest absolute Gasteiger partial charge is 0.356 e. The van der Waals surface area contributed by atoms with Crippen molar-refractivity contribution < 1.29 is 22.6 Å². The number of halogens is 4. The number of methoxy groups -OCH3 is 2. The van der Waals surface area contributed by atoms with Crippen LogP contribution in [0.3, 0.4) is 0 Å². The van der Waals surface area contributed by atoms with Crippen LogP contribution in [-0.2, 0) is 9.47 Å². The molecule has 0 heterocycles. The lowest BCUT2D eigenvalue weighted by molar-refractivity contribution is -0.106. The molecule has 0 bridgehead atoms. The van der Waals surface area contributed by atoms with E-state index in [-0.39, 0.29) is 12.0 Å². The van der Waals surface area contributed by atoms with E-state index >= 15 is 0 Å². The van der Waals surface area contributed by atoms with Crippen molar-refractivity contribution in [2.24, 2.45) is 5.84 Å². The summed E-state index contributed by atoms with van der Waals surface area (Å²) in [6.07, 6.45) is 1.73. The third kappa shape index (κ3) is 6.95. The standard InChI is InChI=1S/C6H13ClO2.C6H5F3N2/c1-8-6(9-2)4-3-5-7;7-4-1-3(11-10)2-5(8)6(4)9/h6H,3-5H2,1-2H3;1-2,11H,10H2. The molecule has 116 valence electrons. The van der Waals surface area contributed by atoms with Gasteiger partial charge in [0.2, 0.25) is 0 Å². The molecule has 0 aliphatic heterocycles. The van der Waals surface area contributed by atoms with Crippen LogP contribution in [0.2, 0.25) is 0 Å². The Morgan fingerprint density at radius 2 is 1.70 bits per heavy atom. The zero-order chi connectivity index (χ0) is 15.5. The van der Waals surface area contributed by atoms with E-state index in [2.05, 4.69) is 0 Å². The highest BCUT2D eigenvalue weighted by atomic mass is 35.5. The zero-order valence-electron chi connectivity index (χ0n) is 11.3. The molecule has 1 aromatic carbocycles. The van der Waals surface area contributed by atoms with Gasteiger partial charge in [-0.15, -0.1) is 11.6 Å². The predicted molar refractivity (Wildman–Crippen MR) is 71.9 cm³/mol. The summed E-state index contributed by atoms with van der Waals surface area (Å²) in [5.74, 6) is 1.47. The number of benzene rings is 1. The number of hydrogen-bond donors (Lipinski definition) is 2. The first-order valence-corrected chi connectivity index (χ1v) is 6.26. The van der Waals surface area contributed by atoms with E-state index < -0.39 is 17.5 Å². The van der Waals surface area contributed by atoms with Crippen molar-refractivity contribution in [3.8, 4) is 0 Å². The van der Waals surface area contributed by atoms with E-state index in [9.17, 15) is 13.2 Å². The number of hydrazine groups is 1. The second kappa shape index (κ2) is 10.7. The predicted octanol–water partition coefficient (Wildman–Crippen LogP) is 3.01. The van der Waals surface area contributed by atoms with Gasteiger partial charge in [-0.25, -0.2) is 13.2 Å². The first kappa shape index (κ1) is 19.0. The van der Waals surface area contributed by atoms with Gasteiger partial charge >= 0.3 is 0 Å². The quantitative estimate of drug-likeness (QED) is 0.279. The van der Waals surface area contributed by atoms with E-state index in [0.29, 0.717) is 5.88 Å². The van der Waals surface area contributed by atoms with E-state index in [1.807, 2.05) is 5.43 Å². The molecule has 1 aromatic rings. The Morgan fingerprint density at radius 3 is 2.05 bits per heavy atom. The molecule has 0 saturated carbocycles. The Labute approximate surface area is 121 Å². The minimum atomic E-state index is -1.50. The number of anilines is 1. The van der Waals surface area contributed by atoms with Crippen molar-refractivity contribution in [2.45, 2.75) is 19.1 Å². The number of nitrogen functional groups attached to an aromatic ring is 1. The normalized spacial score (nSPS) is 10.2. The molecular formula is C12H18ClF3N2O2. The van der Waals surface area contributed by atoms with Crippen molar-refractivity contribution in [1.29, 1.82) is 0 Å². The van der Waals surface area contributed by atoms with Crippen molar-refractivity contribution in [1.82, 2.24) is 0 Å². The van der Waals surface area contributed by atoms with Gasteiger partial charge in [0.05, 0.1) is 5.69 Å². The van der Waals surface area contributed by atoms with Crippen LogP contribution in [0.4, 0.5) is 18.9 Å². The molecule has 20 heavy (non-hydrogen) atoms. The molecule has 0 radical (unpaired) electrons. The molecule has 0 amide bonds. The van der Waals surface area contributed by atoms with E-state index in [4.69, 9.17) is 26.9 Å². The topological polar surface area (TPSA) is 56.5 Å². The van der Waals surface area contributed by atoms with Gasteiger partial charge in [-0.05, 0) is 12.8 Å². The molecule has 4 nitrogen and oxygen atoms in total. The Bertz CT molecular complexity index is 370.